The highest BCUT2D eigenvalue weighted by Gasteiger charge is 2.06. The molecule has 4 nitrogen and oxygen atoms in total. The number of halogens is 1. The van der Waals surface area contributed by atoms with Crippen molar-refractivity contribution in [3.63, 3.8) is 0 Å². The predicted octanol–water partition coefficient (Wildman–Crippen LogP) is -4.13. The molecule has 0 unspecified atom stereocenters. The highest BCUT2D eigenvalue weighted by Crippen LogP contribution is 2.09. The van der Waals surface area contributed by atoms with Gasteiger partial charge in [0.1, 0.15) is 0 Å². The van der Waals surface area contributed by atoms with Gasteiger partial charge in [0.15, 0.2) is 0 Å². The fraction of sp³-hybridized carbons (Fsp3) is 0.222. The second-order valence-corrected chi connectivity index (χ2v) is 2.84. The minimum atomic E-state index is -0.898. The molecule has 0 heterocycles. The predicted molar refractivity (Wildman–Crippen MR) is 46.6 cm³/mol. The number of aromatic carboxylic acids is 1. The van der Waals surface area contributed by atoms with Crippen LogP contribution in [0.25, 0.3) is 0 Å². The molecule has 0 aromatic heterocycles. The van der Waals surface area contributed by atoms with E-state index in [9.17, 15) is 4.79 Å². The van der Waals surface area contributed by atoms with Crippen LogP contribution in [0.15, 0.2) is 18.2 Å². The Morgan fingerprint density at radius 3 is 1.86 bits per heavy atom. The van der Waals surface area contributed by atoms with Crippen LogP contribution in [0, 0.1) is 0 Å². The number of hydrogen-bond donors (Lipinski definition) is 3. The van der Waals surface area contributed by atoms with Gasteiger partial charge in [0.25, 0.3) is 0 Å². The van der Waals surface area contributed by atoms with Gasteiger partial charge in [0.05, 0.1) is 18.7 Å². The van der Waals surface area contributed by atoms with E-state index in [0.29, 0.717) is 18.7 Å². The van der Waals surface area contributed by atoms with Crippen LogP contribution in [0.4, 0.5) is 0 Å². The molecule has 5 heteroatoms. The van der Waals surface area contributed by atoms with Crippen molar-refractivity contribution in [3.8, 4) is 0 Å². The van der Waals surface area contributed by atoms with Gasteiger partial charge < -0.3 is 29.0 Å². The van der Waals surface area contributed by atoms with Gasteiger partial charge in [-0.05, 0) is 18.2 Å². The Labute approximate surface area is 88.3 Å². The van der Waals surface area contributed by atoms with Crippen molar-refractivity contribution in [3.05, 3.63) is 34.9 Å². The minimum absolute atomic E-state index is 0. The van der Waals surface area contributed by atoms with Crippen LogP contribution in [-0.4, -0.2) is 11.1 Å². The van der Waals surface area contributed by atoms with Crippen molar-refractivity contribution in [2.45, 2.75) is 13.1 Å². The lowest BCUT2D eigenvalue weighted by Crippen LogP contribution is -3.00. The van der Waals surface area contributed by atoms with Crippen LogP contribution in [0.1, 0.15) is 21.5 Å². The molecule has 1 aromatic carbocycles. The Morgan fingerprint density at radius 2 is 1.57 bits per heavy atom. The van der Waals surface area contributed by atoms with Gasteiger partial charge >= 0.3 is 5.97 Å². The van der Waals surface area contributed by atoms with Gasteiger partial charge in [0.2, 0.25) is 0 Å². The van der Waals surface area contributed by atoms with Gasteiger partial charge in [0, 0.05) is 11.1 Å². The molecule has 0 bridgehead atoms. The second kappa shape index (κ2) is 5.59. The molecule has 0 aliphatic carbocycles. The Hall–Kier alpha value is -1.10. The molecule has 78 valence electrons. The number of hydrogen-bond acceptors (Lipinski definition) is 1. The molecule has 0 saturated carbocycles. The quantitative estimate of drug-likeness (QED) is 0.480. The summed E-state index contributed by atoms with van der Waals surface area (Å²) in [6.45, 7) is 1.21. The van der Waals surface area contributed by atoms with Crippen molar-refractivity contribution in [2.24, 2.45) is 0 Å². The van der Waals surface area contributed by atoms with Crippen LogP contribution in [0.5, 0.6) is 0 Å². The largest absolute Gasteiger partial charge is 1.00 e. The lowest BCUT2D eigenvalue weighted by Gasteiger charge is -2.01. The third kappa shape index (κ3) is 2.99. The Morgan fingerprint density at radius 1 is 1.14 bits per heavy atom. The summed E-state index contributed by atoms with van der Waals surface area (Å²) < 4.78 is 0. The molecule has 1 aromatic rings. The summed E-state index contributed by atoms with van der Waals surface area (Å²) in [7, 11) is 0. The first kappa shape index (κ1) is 12.9. The Bertz CT molecular complexity index is 306. The molecule has 0 spiro atoms. The average molecular weight is 218 g/mol. The summed E-state index contributed by atoms with van der Waals surface area (Å²) in [5, 5.41) is 8.78. The maximum Gasteiger partial charge on any atom is 0.335 e. The summed E-state index contributed by atoms with van der Waals surface area (Å²) in [5.74, 6) is -0.898. The fourth-order valence-corrected chi connectivity index (χ4v) is 1.17. The highest BCUT2D eigenvalue weighted by molar-refractivity contribution is 5.88. The van der Waals surface area contributed by atoms with Crippen LogP contribution >= 0.6 is 0 Å². The smallest absolute Gasteiger partial charge is 0.335 e. The molecule has 1 rings (SSSR count). The first-order valence-corrected chi connectivity index (χ1v) is 4.12. The summed E-state index contributed by atoms with van der Waals surface area (Å²) in [5.41, 5.74) is 9.64. The molecule has 0 aliphatic rings. The van der Waals surface area contributed by atoms with Crippen LogP contribution in [0.3, 0.4) is 0 Å². The van der Waals surface area contributed by atoms with E-state index in [1.54, 1.807) is 12.1 Å². The summed E-state index contributed by atoms with van der Waals surface area (Å²) in [6.07, 6.45) is 0. The van der Waals surface area contributed by atoms with Crippen molar-refractivity contribution in [1.82, 2.24) is 0 Å². The topological polar surface area (TPSA) is 92.6 Å². The third-order valence-corrected chi connectivity index (χ3v) is 1.88. The standard InChI is InChI=1S/C9H12N2O2.ClH/c10-4-6-1-7(5-11)3-8(2-6)9(12)13;/h1-3H,4-5,10-11H2,(H,12,13);1H/p+1. The first-order chi connectivity index (χ1) is 6.17. The number of quaternary nitrogens is 2. The van der Waals surface area contributed by atoms with E-state index in [1.165, 1.54) is 0 Å². The number of rotatable bonds is 3. The van der Waals surface area contributed by atoms with E-state index in [-0.39, 0.29) is 12.4 Å². The van der Waals surface area contributed by atoms with Crippen molar-refractivity contribution in [1.29, 1.82) is 0 Å². The molecule has 0 radical (unpaired) electrons. The second-order valence-electron chi connectivity index (χ2n) is 2.84. The van der Waals surface area contributed by atoms with Gasteiger partial charge in [-0.2, -0.15) is 0 Å². The van der Waals surface area contributed by atoms with Crippen molar-refractivity contribution >= 4 is 5.97 Å². The van der Waals surface area contributed by atoms with Crippen LogP contribution < -0.4 is 23.9 Å². The van der Waals surface area contributed by atoms with E-state index < -0.39 is 5.97 Å². The molecule has 7 N–H and O–H groups in total. The molecule has 14 heavy (non-hydrogen) atoms. The first-order valence-electron chi connectivity index (χ1n) is 4.12. The number of benzene rings is 1. The number of carboxylic acid groups (broad SMARTS) is 1. The van der Waals surface area contributed by atoms with E-state index in [4.69, 9.17) is 5.11 Å². The minimum Gasteiger partial charge on any atom is -1.00 e. The summed E-state index contributed by atoms with van der Waals surface area (Å²) in [4.78, 5) is 10.7. The zero-order chi connectivity index (χ0) is 9.84. The zero-order valence-corrected chi connectivity index (χ0v) is 8.55. The Kier molecular flexibility index (Phi) is 5.15. The Balaban J connectivity index is 0.00000169. The maximum absolute atomic E-state index is 10.7. The van der Waals surface area contributed by atoms with Gasteiger partial charge in [-0.15, -0.1) is 0 Å². The lowest BCUT2D eigenvalue weighted by molar-refractivity contribution is -0.388. The van der Waals surface area contributed by atoms with Crippen molar-refractivity contribution in [2.75, 3.05) is 0 Å². The molecule has 0 aliphatic heterocycles. The fourth-order valence-electron chi connectivity index (χ4n) is 1.17. The normalized spacial score (nSPS) is 9.29. The number of carbonyl (C=O) groups is 1. The zero-order valence-electron chi connectivity index (χ0n) is 7.79. The van der Waals surface area contributed by atoms with E-state index in [1.807, 2.05) is 6.07 Å². The SMILES string of the molecule is [Cl-].[NH3+]Cc1cc(C[NH3+])cc(C(=O)O)c1. The maximum atomic E-state index is 10.7. The summed E-state index contributed by atoms with van der Waals surface area (Å²) in [6, 6.07) is 5.23. The lowest BCUT2D eigenvalue weighted by atomic mass is 10.1. The monoisotopic (exact) mass is 217 g/mol. The van der Waals surface area contributed by atoms with Gasteiger partial charge in [-0.3, -0.25) is 0 Å². The molecule has 0 saturated heterocycles. The average Bonchev–Trinajstić information content (AvgIpc) is 2.16. The molecule has 0 atom stereocenters. The molecule has 0 amide bonds. The molecular weight excluding hydrogens is 204 g/mol. The third-order valence-electron chi connectivity index (χ3n) is 1.88. The van der Waals surface area contributed by atoms with E-state index >= 15 is 0 Å². The number of carboxylic acids is 1. The highest BCUT2D eigenvalue weighted by atomic mass is 35.5. The summed E-state index contributed by atoms with van der Waals surface area (Å²) >= 11 is 0. The van der Waals surface area contributed by atoms with Crippen LogP contribution in [-0.2, 0) is 13.1 Å². The van der Waals surface area contributed by atoms with E-state index in [2.05, 4.69) is 11.5 Å². The molecule has 0 fully saturated rings. The van der Waals surface area contributed by atoms with Gasteiger partial charge in [-0.25, -0.2) is 4.79 Å². The molecular formula is C9H14ClN2O2+. The van der Waals surface area contributed by atoms with Gasteiger partial charge in [-0.1, -0.05) is 0 Å². The van der Waals surface area contributed by atoms with Crippen molar-refractivity contribution < 1.29 is 33.8 Å². The van der Waals surface area contributed by atoms with Crippen LogP contribution in [0.2, 0.25) is 0 Å². The van der Waals surface area contributed by atoms with E-state index in [0.717, 1.165) is 11.1 Å².